The van der Waals surface area contributed by atoms with Crippen molar-refractivity contribution in [3.63, 3.8) is 0 Å². The minimum absolute atomic E-state index is 0.124. The van der Waals surface area contributed by atoms with Gasteiger partial charge in [-0.15, -0.1) is 11.3 Å². The molecule has 3 N–H and O–H groups in total. The average molecular weight is 373 g/mol. The van der Waals surface area contributed by atoms with E-state index in [1.807, 2.05) is 24.3 Å². The number of ether oxygens (including phenoxy) is 1. The molecule has 4 nitrogen and oxygen atoms in total. The molecule has 1 unspecified atom stereocenters. The Morgan fingerprint density at radius 1 is 1.42 bits per heavy atom. The van der Waals surface area contributed by atoms with Crippen molar-refractivity contribution >= 4 is 27.9 Å². The van der Waals surface area contributed by atoms with Crippen molar-refractivity contribution in [3.8, 4) is 5.75 Å². The van der Waals surface area contributed by atoms with Crippen LogP contribution in [0.15, 0.2) is 24.3 Å². The van der Waals surface area contributed by atoms with Crippen molar-refractivity contribution in [1.29, 1.82) is 0 Å². The molecule has 1 heterocycles. The Morgan fingerprint density at radius 2 is 2.19 bits per heavy atom. The highest BCUT2D eigenvalue weighted by atomic mass is 32.1. The summed E-state index contributed by atoms with van der Waals surface area (Å²) in [6.45, 7) is 6.94. The van der Waals surface area contributed by atoms with Crippen LogP contribution in [0.4, 0.5) is 10.7 Å². The maximum Gasteiger partial charge on any atom is 0.258 e. The molecule has 3 rings (SSSR count). The molecule has 0 spiro atoms. The number of thiophene rings is 1. The summed E-state index contributed by atoms with van der Waals surface area (Å²) < 4.78 is 5.22. The minimum atomic E-state index is -0.124. The molecule has 0 saturated carbocycles. The van der Waals surface area contributed by atoms with Crippen LogP contribution >= 0.6 is 11.3 Å². The number of hydrogen-bond donors (Lipinski definition) is 2. The molecule has 2 aromatic rings. The first-order valence-electron chi connectivity index (χ1n) is 9.21. The van der Waals surface area contributed by atoms with Crippen LogP contribution in [0.5, 0.6) is 5.75 Å². The van der Waals surface area contributed by atoms with Crippen molar-refractivity contribution in [2.24, 2.45) is 11.3 Å². The van der Waals surface area contributed by atoms with Crippen LogP contribution in [-0.2, 0) is 12.8 Å². The van der Waals surface area contributed by atoms with Crippen molar-refractivity contribution in [2.75, 3.05) is 18.2 Å². The summed E-state index contributed by atoms with van der Waals surface area (Å²) in [6, 6.07) is 7.38. The van der Waals surface area contributed by atoms with E-state index < -0.39 is 0 Å². The Labute approximate surface area is 159 Å². The van der Waals surface area contributed by atoms with Gasteiger partial charge in [-0.25, -0.2) is 0 Å². The Hall–Kier alpha value is -2.01. The number of methoxy groups -OCH3 is 1. The van der Waals surface area contributed by atoms with Gasteiger partial charge in [0.15, 0.2) is 0 Å². The number of nitrogen functional groups attached to an aromatic ring is 1. The van der Waals surface area contributed by atoms with Gasteiger partial charge in [0.25, 0.3) is 5.91 Å². The summed E-state index contributed by atoms with van der Waals surface area (Å²) >= 11 is 1.59. The van der Waals surface area contributed by atoms with Crippen LogP contribution in [-0.4, -0.2) is 13.0 Å². The molecule has 5 heteroatoms. The van der Waals surface area contributed by atoms with E-state index in [-0.39, 0.29) is 5.91 Å². The fraction of sp³-hybridized carbons (Fsp3) is 0.476. The zero-order valence-corrected chi connectivity index (χ0v) is 16.8. The predicted molar refractivity (Wildman–Crippen MR) is 109 cm³/mol. The fourth-order valence-corrected chi connectivity index (χ4v) is 4.90. The third-order valence-electron chi connectivity index (χ3n) is 5.86. The number of nitrogens with two attached hydrogens (primary N) is 1. The van der Waals surface area contributed by atoms with Gasteiger partial charge in [-0.3, -0.25) is 4.79 Å². The third-order valence-corrected chi connectivity index (χ3v) is 6.95. The van der Waals surface area contributed by atoms with Gasteiger partial charge < -0.3 is 15.8 Å². The molecular formula is C21H28N2O2S. The topological polar surface area (TPSA) is 64.4 Å². The molecule has 1 aromatic carbocycles. The van der Waals surface area contributed by atoms with Gasteiger partial charge >= 0.3 is 0 Å². The molecule has 1 aliphatic carbocycles. The van der Waals surface area contributed by atoms with Gasteiger partial charge in [0.2, 0.25) is 0 Å². The van der Waals surface area contributed by atoms with Crippen LogP contribution < -0.4 is 15.8 Å². The highest BCUT2D eigenvalue weighted by Crippen LogP contribution is 2.44. The van der Waals surface area contributed by atoms with Gasteiger partial charge in [-0.1, -0.05) is 33.3 Å². The number of benzene rings is 1. The molecule has 1 atom stereocenters. The largest absolute Gasteiger partial charge is 0.497 e. The Kier molecular flexibility index (Phi) is 5.28. The molecule has 0 fully saturated rings. The number of fused-ring (bicyclic) bond motifs is 1. The van der Waals surface area contributed by atoms with Crippen LogP contribution in [0.25, 0.3) is 0 Å². The predicted octanol–water partition coefficient (Wildman–Crippen LogP) is 5.13. The summed E-state index contributed by atoms with van der Waals surface area (Å²) in [6.07, 6.45) is 4.23. The SMILES string of the molecule is CCC(C)(C)C1CCc2c(sc(N)c2C(=O)Nc2cccc(OC)c2)C1. The van der Waals surface area contributed by atoms with Crippen molar-refractivity contribution in [2.45, 2.75) is 46.5 Å². The summed E-state index contributed by atoms with van der Waals surface area (Å²) in [5, 5.41) is 3.60. The minimum Gasteiger partial charge on any atom is -0.497 e. The van der Waals surface area contributed by atoms with Crippen LogP contribution in [0.3, 0.4) is 0 Å². The second kappa shape index (κ2) is 7.31. The van der Waals surface area contributed by atoms with E-state index in [0.29, 0.717) is 27.6 Å². The smallest absolute Gasteiger partial charge is 0.258 e. The zero-order chi connectivity index (χ0) is 18.9. The first kappa shape index (κ1) is 18.8. The van der Waals surface area contributed by atoms with Crippen molar-refractivity contribution in [3.05, 3.63) is 40.3 Å². The fourth-order valence-electron chi connectivity index (χ4n) is 3.71. The van der Waals surface area contributed by atoms with Crippen LogP contribution in [0.2, 0.25) is 0 Å². The molecular weight excluding hydrogens is 344 g/mol. The number of carbonyl (C=O) groups is 1. The van der Waals surface area contributed by atoms with E-state index in [1.54, 1.807) is 18.4 Å². The summed E-state index contributed by atoms with van der Waals surface area (Å²) in [7, 11) is 1.61. The van der Waals surface area contributed by atoms with E-state index in [0.717, 1.165) is 36.9 Å². The molecule has 0 bridgehead atoms. The summed E-state index contributed by atoms with van der Waals surface area (Å²) in [5.41, 5.74) is 9.10. The van der Waals surface area contributed by atoms with Crippen LogP contribution in [0.1, 0.15) is 54.4 Å². The van der Waals surface area contributed by atoms with Gasteiger partial charge in [0.05, 0.1) is 17.7 Å². The van der Waals surface area contributed by atoms with Gasteiger partial charge in [-0.2, -0.15) is 0 Å². The first-order valence-corrected chi connectivity index (χ1v) is 10.0. The molecule has 1 aromatic heterocycles. The lowest BCUT2D eigenvalue weighted by Crippen LogP contribution is -2.29. The van der Waals surface area contributed by atoms with E-state index in [2.05, 4.69) is 26.1 Å². The monoisotopic (exact) mass is 372 g/mol. The molecule has 0 aliphatic heterocycles. The second-order valence-corrected chi connectivity index (χ2v) is 8.85. The van der Waals surface area contributed by atoms with Crippen molar-refractivity contribution < 1.29 is 9.53 Å². The van der Waals surface area contributed by atoms with E-state index in [9.17, 15) is 4.79 Å². The normalized spacial score (nSPS) is 16.8. The highest BCUT2D eigenvalue weighted by Gasteiger charge is 2.34. The molecule has 26 heavy (non-hydrogen) atoms. The van der Waals surface area contributed by atoms with Crippen molar-refractivity contribution in [1.82, 2.24) is 0 Å². The van der Waals surface area contributed by atoms with E-state index in [4.69, 9.17) is 10.5 Å². The average Bonchev–Trinajstić information content (AvgIpc) is 2.96. The van der Waals surface area contributed by atoms with Gasteiger partial charge in [-0.05, 0) is 48.3 Å². The van der Waals surface area contributed by atoms with Gasteiger partial charge in [0, 0.05) is 16.6 Å². The number of carbonyl (C=O) groups excluding carboxylic acids is 1. The van der Waals surface area contributed by atoms with E-state index >= 15 is 0 Å². The summed E-state index contributed by atoms with van der Waals surface area (Å²) in [5.74, 6) is 1.24. The maximum atomic E-state index is 12.9. The Morgan fingerprint density at radius 3 is 2.88 bits per heavy atom. The number of anilines is 2. The third kappa shape index (κ3) is 3.58. The van der Waals surface area contributed by atoms with Crippen LogP contribution in [0, 0.1) is 11.3 Å². The van der Waals surface area contributed by atoms with Gasteiger partial charge in [0.1, 0.15) is 5.75 Å². The Bertz CT molecular complexity index is 810. The second-order valence-electron chi connectivity index (χ2n) is 7.71. The molecule has 1 aliphatic rings. The number of nitrogens with one attached hydrogen (secondary N) is 1. The number of amides is 1. The lowest BCUT2D eigenvalue weighted by molar-refractivity contribution is 0.102. The molecule has 140 valence electrons. The number of rotatable bonds is 5. The molecule has 0 saturated heterocycles. The first-order chi connectivity index (χ1) is 12.4. The maximum absolute atomic E-state index is 12.9. The number of hydrogen-bond acceptors (Lipinski definition) is 4. The lowest BCUT2D eigenvalue weighted by atomic mass is 9.69. The van der Waals surface area contributed by atoms with E-state index in [1.165, 1.54) is 4.88 Å². The highest BCUT2D eigenvalue weighted by molar-refractivity contribution is 7.16. The Balaban J connectivity index is 1.83. The quantitative estimate of drug-likeness (QED) is 0.764. The zero-order valence-electron chi connectivity index (χ0n) is 16.0. The molecule has 1 amide bonds. The summed E-state index contributed by atoms with van der Waals surface area (Å²) in [4.78, 5) is 14.2. The standard InChI is InChI=1S/C21H28N2O2S/c1-5-21(2,3)13-9-10-16-17(11-13)26-19(22)18(16)20(24)23-14-7-6-8-15(12-14)25-4/h6-8,12-13H,5,9-11,22H2,1-4H3,(H,23,24). The molecule has 0 radical (unpaired) electrons. The lowest BCUT2D eigenvalue weighted by Gasteiger charge is -2.36.